The van der Waals surface area contributed by atoms with Gasteiger partial charge in [0.15, 0.2) is 11.6 Å². The van der Waals surface area contributed by atoms with Crippen LogP contribution in [0.25, 0.3) is 0 Å². The highest BCUT2D eigenvalue weighted by Gasteiger charge is 2.29. The number of ether oxygens (including phenoxy) is 1. The van der Waals surface area contributed by atoms with E-state index in [0.29, 0.717) is 38.6 Å². The maximum atomic E-state index is 13.8. The first kappa shape index (κ1) is 14.3. The fraction of sp³-hybridized carbons (Fsp3) is 0.600. The van der Waals surface area contributed by atoms with Gasteiger partial charge in [-0.15, -0.1) is 0 Å². The number of hydrogen-bond donors (Lipinski definition) is 0. The number of halogens is 1. The van der Waals surface area contributed by atoms with Crippen molar-refractivity contribution in [3.63, 3.8) is 0 Å². The molecule has 21 heavy (non-hydrogen) atoms. The molecule has 0 saturated carbocycles. The van der Waals surface area contributed by atoms with Crippen LogP contribution in [-0.2, 0) is 9.53 Å². The monoisotopic (exact) mass is 293 g/mol. The van der Waals surface area contributed by atoms with Crippen molar-refractivity contribution in [2.24, 2.45) is 0 Å². The summed E-state index contributed by atoms with van der Waals surface area (Å²) in [5.74, 6) is 0.149. The lowest BCUT2D eigenvalue weighted by molar-refractivity contribution is -0.140. The molecule has 2 aliphatic rings. The van der Waals surface area contributed by atoms with E-state index in [9.17, 15) is 9.18 Å². The molecule has 0 radical (unpaired) electrons. The summed E-state index contributed by atoms with van der Waals surface area (Å²) in [7, 11) is 0. The highest BCUT2D eigenvalue weighted by molar-refractivity contribution is 5.81. The Bertz CT molecular complexity index is 505. The maximum Gasteiger partial charge on any atom is 0.251 e. The highest BCUT2D eigenvalue weighted by Crippen LogP contribution is 2.19. The topological polar surface area (TPSA) is 45.7 Å². The first-order valence-electron chi connectivity index (χ1n) is 7.51. The number of hydrogen-bond acceptors (Lipinski definition) is 4. The number of nitrogens with zero attached hydrogens (tertiary/aromatic N) is 3. The van der Waals surface area contributed by atoms with Crippen molar-refractivity contribution >= 4 is 11.7 Å². The molecular formula is C15H20FN3O2. The largest absolute Gasteiger partial charge is 0.368 e. The molecular weight excluding hydrogens is 273 g/mol. The maximum absolute atomic E-state index is 13.8. The Labute approximate surface area is 123 Å². The quantitative estimate of drug-likeness (QED) is 0.828. The summed E-state index contributed by atoms with van der Waals surface area (Å²) < 4.78 is 19.3. The van der Waals surface area contributed by atoms with Gasteiger partial charge < -0.3 is 14.5 Å². The fourth-order valence-corrected chi connectivity index (χ4v) is 2.94. The van der Waals surface area contributed by atoms with Crippen molar-refractivity contribution in [2.75, 3.05) is 37.7 Å². The van der Waals surface area contributed by atoms with E-state index in [2.05, 4.69) is 4.98 Å². The van der Waals surface area contributed by atoms with Crippen molar-refractivity contribution in [1.29, 1.82) is 0 Å². The second kappa shape index (κ2) is 6.39. The van der Waals surface area contributed by atoms with Crippen LogP contribution in [0.15, 0.2) is 18.3 Å². The van der Waals surface area contributed by atoms with Crippen LogP contribution in [0, 0.1) is 5.82 Å². The third-order valence-electron chi connectivity index (χ3n) is 4.05. The molecule has 0 bridgehead atoms. The number of aromatic nitrogens is 1. The first-order valence-corrected chi connectivity index (χ1v) is 7.51. The van der Waals surface area contributed by atoms with Gasteiger partial charge in [0.2, 0.25) is 0 Å². The molecule has 3 rings (SSSR count). The Balaban J connectivity index is 1.64. The molecule has 0 aliphatic carbocycles. The number of carbonyl (C=O) groups is 1. The zero-order valence-electron chi connectivity index (χ0n) is 12.0. The first-order chi connectivity index (χ1) is 10.3. The molecule has 0 unspecified atom stereocenters. The van der Waals surface area contributed by atoms with E-state index in [1.165, 1.54) is 6.07 Å². The molecule has 1 atom stereocenters. The predicted octanol–water partition coefficient (Wildman–Crippen LogP) is 1.44. The molecule has 0 N–H and O–H groups in total. The van der Waals surface area contributed by atoms with Crippen molar-refractivity contribution in [1.82, 2.24) is 9.88 Å². The SMILES string of the molecule is O=C([C@H]1CCCO1)N1CCCN(c2ncccc2F)CC1. The van der Waals surface area contributed by atoms with Crippen LogP contribution < -0.4 is 4.90 Å². The smallest absolute Gasteiger partial charge is 0.251 e. The average molecular weight is 293 g/mol. The van der Waals surface area contributed by atoms with Gasteiger partial charge >= 0.3 is 0 Å². The molecule has 2 saturated heterocycles. The molecule has 1 aromatic rings. The lowest BCUT2D eigenvalue weighted by Gasteiger charge is -2.24. The van der Waals surface area contributed by atoms with Crippen molar-refractivity contribution in [3.05, 3.63) is 24.1 Å². The Morgan fingerprint density at radius 2 is 2.19 bits per heavy atom. The summed E-state index contributed by atoms with van der Waals surface area (Å²) in [4.78, 5) is 20.2. The zero-order valence-corrected chi connectivity index (χ0v) is 12.0. The minimum atomic E-state index is -0.309. The molecule has 0 aromatic carbocycles. The Morgan fingerprint density at radius 3 is 2.95 bits per heavy atom. The number of anilines is 1. The lowest BCUT2D eigenvalue weighted by atomic mass is 10.2. The van der Waals surface area contributed by atoms with Crippen molar-refractivity contribution in [3.8, 4) is 0 Å². The second-order valence-electron chi connectivity index (χ2n) is 5.48. The van der Waals surface area contributed by atoms with Gasteiger partial charge in [-0.1, -0.05) is 0 Å². The summed E-state index contributed by atoms with van der Waals surface area (Å²) >= 11 is 0. The number of amides is 1. The second-order valence-corrected chi connectivity index (χ2v) is 5.48. The van der Waals surface area contributed by atoms with Gasteiger partial charge in [-0.05, 0) is 31.4 Å². The third-order valence-corrected chi connectivity index (χ3v) is 4.05. The van der Waals surface area contributed by atoms with Gasteiger partial charge in [-0.3, -0.25) is 4.79 Å². The molecule has 5 nitrogen and oxygen atoms in total. The third kappa shape index (κ3) is 3.15. The number of carbonyl (C=O) groups excluding carboxylic acids is 1. The molecule has 114 valence electrons. The van der Waals surface area contributed by atoms with Crippen LogP contribution in [0.5, 0.6) is 0 Å². The van der Waals surface area contributed by atoms with E-state index in [-0.39, 0.29) is 17.8 Å². The van der Waals surface area contributed by atoms with Crippen molar-refractivity contribution < 1.29 is 13.9 Å². The molecule has 3 heterocycles. The van der Waals surface area contributed by atoms with Crippen LogP contribution in [-0.4, -0.2) is 54.7 Å². The standard InChI is InChI=1S/C15H20FN3O2/c16-12-4-1-6-17-14(12)18-7-3-8-19(10-9-18)15(20)13-5-2-11-21-13/h1,4,6,13H,2-3,5,7-11H2/t13-/m1/s1. The van der Waals surface area contributed by atoms with E-state index >= 15 is 0 Å². The van der Waals surface area contributed by atoms with E-state index in [0.717, 1.165) is 19.3 Å². The van der Waals surface area contributed by atoms with Crippen LogP contribution >= 0.6 is 0 Å². The van der Waals surface area contributed by atoms with Gasteiger partial charge in [-0.25, -0.2) is 9.37 Å². The molecule has 1 aromatic heterocycles. The van der Waals surface area contributed by atoms with E-state index in [4.69, 9.17) is 4.74 Å². The normalized spacial score (nSPS) is 23.2. The zero-order chi connectivity index (χ0) is 14.7. The average Bonchev–Trinajstić information content (AvgIpc) is 2.92. The number of rotatable bonds is 2. The highest BCUT2D eigenvalue weighted by atomic mass is 19.1. The summed E-state index contributed by atoms with van der Waals surface area (Å²) in [6, 6.07) is 3.01. The van der Waals surface area contributed by atoms with Crippen LogP contribution in [0.1, 0.15) is 19.3 Å². The molecule has 0 spiro atoms. The fourth-order valence-electron chi connectivity index (χ4n) is 2.94. The minimum Gasteiger partial charge on any atom is -0.368 e. The lowest BCUT2D eigenvalue weighted by Crippen LogP contribution is -2.41. The van der Waals surface area contributed by atoms with Crippen LogP contribution in [0.4, 0.5) is 10.2 Å². The Kier molecular flexibility index (Phi) is 4.34. The van der Waals surface area contributed by atoms with Gasteiger partial charge in [0, 0.05) is 39.0 Å². The minimum absolute atomic E-state index is 0.0795. The van der Waals surface area contributed by atoms with Crippen LogP contribution in [0.2, 0.25) is 0 Å². The Hall–Kier alpha value is -1.69. The summed E-state index contributed by atoms with van der Waals surface area (Å²) in [6.45, 7) is 3.28. The molecule has 1 amide bonds. The molecule has 6 heteroatoms. The predicted molar refractivity (Wildman–Crippen MR) is 76.6 cm³/mol. The van der Waals surface area contributed by atoms with E-state index in [1.54, 1.807) is 12.3 Å². The summed E-state index contributed by atoms with van der Waals surface area (Å²) in [5, 5.41) is 0. The number of pyridine rings is 1. The van der Waals surface area contributed by atoms with Gasteiger partial charge in [-0.2, -0.15) is 0 Å². The van der Waals surface area contributed by atoms with E-state index in [1.807, 2.05) is 9.80 Å². The molecule has 2 fully saturated rings. The van der Waals surface area contributed by atoms with Crippen LogP contribution in [0.3, 0.4) is 0 Å². The van der Waals surface area contributed by atoms with Gasteiger partial charge in [0.25, 0.3) is 5.91 Å². The van der Waals surface area contributed by atoms with Crippen molar-refractivity contribution in [2.45, 2.75) is 25.4 Å². The molecule has 2 aliphatic heterocycles. The summed E-state index contributed by atoms with van der Waals surface area (Å²) in [5.41, 5.74) is 0. The summed E-state index contributed by atoms with van der Waals surface area (Å²) in [6.07, 6.45) is 3.90. The Morgan fingerprint density at radius 1 is 1.29 bits per heavy atom. The van der Waals surface area contributed by atoms with E-state index < -0.39 is 0 Å². The van der Waals surface area contributed by atoms with Gasteiger partial charge in [0.1, 0.15) is 6.10 Å². The van der Waals surface area contributed by atoms with Gasteiger partial charge in [0.05, 0.1) is 0 Å².